The first-order valence-electron chi connectivity index (χ1n) is 7.22. The predicted octanol–water partition coefficient (Wildman–Crippen LogP) is 3.13. The fourth-order valence-corrected chi connectivity index (χ4v) is 2.09. The van der Waals surface area contributed by atoms with Crippen LogP contribution in [0.25, 0.3) is 0 Å². The Balaban J connectivity index is 2.05. The molecule has 0 fully saturated rings. The molecule has 0 bridgehead atoms. The third kappa shape index (κ3) is 4.19. The summed E-state index contributed by atoms with van der Waals surface area (Å²) in [6.07, 6.45) is -1.17. The Morgan fingerprint density at radius 3 is 2.56 bits per heavy atom. The maximum Gasteiger partial charge on any atom is 0.342 e. The molecular weight excluding hydrogens is 335 g/mol. The van der Waals surface area contributed by atoms with Crippen molar-refractivity contribution in [1.82, 2.24) is 0 Å². The number of hydrogen-bond donors (Lipinski definition) is 1. The average molecular weight is 350 g/mol. The van der Waals surface area contributed by atoms with Gasteiger partial charge < -0.3 is 14.5 Å². The number of carbonyl (C=O) groups excluding carboxylic acids is 2. The molecule has 0 spiro atoms. The molecule has 1 N–H and O–H groups in total. The van der Waals surface area contributed by atoms with Crippen LogP contribution in [0.2, 0.25) is 0 Å². The number of nitrogens with one attached hydrogen (secondary N) is 1. The van der Waals surface area contributed by atoms with Crippen molar-refractivity contribution < 1.29 is 28.1 Å². The summed E-state index contributed by atoms with van der Waals surface area (Å²) in [5.74, 6) is -1.58. The molecule has 25 heavy (non-hydrogen) atoms. The Morgan fingerprint density at radius 2 is 2.00 bits per heavy atom. The lowest BCUT2D eigenvalue weighted by Gasteiger charge is -2.13. The van der Waals surface area contributed by atoms with Gasteiger partial charge in [0, 0.05) is 11.8 Å². The minimum Gasteiger partial charge on any atom is -0.466 e. The van der Waals surface area contributed by atoms with Gasteiger partial charge in [-0.1, -0.05) is 0 Å². The maximum atomic E-state index is 13.3. The van der Waals surface area contributed by atoms with Crippen molar-refractivity contribution in [3.63, 3.8) is 0 Å². The first-order chi connectivity index (χ1) is 11.7. The van der Waals surface area contributed by atoms with Gasteiger partial charge in [0.05, 0.1) is 4.92 Å². The number of nitro benzene ring substituents is 1. The minimum atomic E-state index is -1.17. The van der Waals surface area contributed by atoms with Crippen molar-refractivity contribution in [2.75, 3.05) is 5.32 Å². The molecule has 0 aliphatic rings. The molecule has 0 radical (unpaired) electrons. The number of anilines is 1. The number of halogens is 1. The molecule has 1 atom stereocenters. The third-order valence-corrected chi connectivity index (χ3v) is 3.32. The highest BCUT2D eigenvalue weighted by molar-refractivity contribution is 5.97. The molecule has 0 saturated heterocycles. The van der Waals surface area contributed by atoms with E-state index in [0.29, 0.717) is 11.5 Å². The van der Waals surface area contributed by atoms with Crippen LogP contribution >= 0.6 is 0 Å². The largest absolute Gasteiger partial charge is 0.466 e. The van der Waals surface area contributed by atoms with E-state index in [9.17, 15) is 24.1 Å². The van der Waals surface area contributed by atoms with E-state index >= 15 is 0 Å². The molecule has 1 aromatic carbocycles. The zero-order valence-electron chi connectivity index (χ0n) is 13.7. The van der Waals surface area contributed by atoms with Crippen LogP contribution in [-0.4, -0.2) is 22.9 Å². The van der Waals surface area contributed by atoms with Crippen LogP contribution in [0.5, 0.6) is 0 Å². The molecule has 8 nitrogen and oxygen atoms in total. The van der Waals surface area contributed by atoms with Gasteiger partial charge in [-0.25, -0.2) is 4.79 Å². The highest BCUT2D eigenvalue weighted by Gasteiger charge is 2.23. The van der Waals surface area contributed by atoms with E-state index in [1.165, 1.54) is 19.1 Å². The van der Waals surface area contributed by atoms with Crippen molar-refractivity contribution in [1.29, 1.82) is 0 Å². The highest BCUT2D eigenvalue weighted by Crippen LogP contribution is 2.22. The summed E-state index contributed by atoms with van der Waals surface area (Å²) in [4.78, 5) is 33.9. The number of furan rings is 1. The van der Waals surface area contributed by atoms with E-state index in [0.717, 1.165) is 12.1 Å². The van der Waals surface area contributed by atoms with Gasteiger partial charge in [0.2, 0.25) is 5.82 Å². The standard InChI is InChI=1S/C16H15FN2O6/c1-8-6-12(9(2)24-8)16(21)25-10(3)15(20)18-11-4-5-13(17)14(7-11)19(22)23/h4-7,10H,1-3H3,(H,18,20)/t10-/m1/s1. The maximum absolute atomic E-state index is 13.3. The molecular formula is C16H15FN2O6. The molecule has 2 aromatic rings. The average Bonchev–Trinajstić information content (AvgIpc) is 2.87. The second-order valence-electron chi connectivity index (χ2n) is 5.29. The van der Waals surface area contributed by atoms with E-state index in [1.807, 2.05) is 0 Å². The summed E-state index contributed by atoms with van der Waals surface area (Å²) in [6, 6.07) is 4.40. The molecule has 0 saturated carbocycles. The molecule has 132 valence electrons. The molecule has 9 heteroatoms. The van der Waals surface area contributed by atoms with E-state index < -0.39 is 34.4 Å². The summed E-state index contributed by atoms with van der Waals surface area (Å²) < 4.78 is 23.5. The molecule has 0 aliphatic carbocycles. The topological polar surface area (TPSA) is 112 Å². The van der Waals surface area contributed by atoms with Gasteiger partial charge in [0.15, 0.2) is 6.10 Å². The van der Waals surface area contributed by atoms with E-state index in [2.05, 4.69) is 5.32 Å². The van der Waals surface area contributed by atoms with E-state index in [4.69, 9.17) is 9.15 Å². The van der Waals surface area contributed by atoms with Gasteiger partial charge in [-0.15, -0.1) is 0 Å². The minimum absolute atomic E-state index is 0.0105. The van der Waals surface area contributed by atoms with Gasteiger partial charge in [0.25, 0.3) is 5.91 Å². The van der Waals surface area contributed by atoms with Crippen molar-refractivity contribution >= 4 is 23.3 Å². The smallest absolute Gasteiger partial charge is 0.342 e. The number of esters is 1. The van der Waals surface area contributed by atoms with Crippen molar-refractivity contribution in [2.45, 2.75) is 26.9 Å². The van der Waals surface area contributed by atoms with Crippen LogP contribution in [0, 0.1) is 29.8 Å². The third-order valence-electron chi connectivity index (χ3n) is 3.32. The number of ether oxygens (including phenoxy) is 1. The molecule has 2 rings (SSSR count). The lowest BCUT2D eigenvalue weighted by atomic mass is 10.2. The first-order valence-corrected chi connectivity index (χ1v) is 7.22. The normalized spacial score (nSPS) is 11.7. The number of benzene rings is 1. The van der Waals surface area contributed by atoms with Crippen molar-refractivity contribution in [3.05, 3.63) is 57.3 Å². The van der Waals surface area contributed by atoms with E-state index in [1.54, 1.807) is 13.8 Å². The van der Waals surface area contributed by atoms with Crippen LogP contribution < -0.4 is 5.32 Å². The Hall–Kier alpha value is -3.23. The summed E-state index contributed by atoms with van der Waals surface area (Å²) in [5, 5.41) is 13.0. The number of aryl methyl sites for hydroxylation is 2. The fraction of sp³-hybridized carbons (Fsp3) is 0.250. The predicted molar refractivity (Wildman–Crippen MR) is 84.7 cm³/mol. The van der Waals surface area contributed by atoms with Gasteiger partial charge in [-0.3, -0.25) is 14.9 Å². The van der Waals surface area contributed by atoms with Crippen LogP contribution in [0.4, 0.5) is 15.8 Å². The van der Waals surface area contributed by atoms with Crippen LogP contribution in [0.1, 0.15) is 28.8 Å². The lowest BCUT2D eigenvalue weighted by Crippen LogP contribution is -2.30. The Kier molecular flexibility index (Phi) is 5.16. The van der Waals surface area contributed by atoms with Gasteiger partial charge >= 0.3 is 11.7 Å². The van der Waals surface area contributed by atoms with Crippen molar-refractivity contribution in [2.24, 2.45) is 0 Å². The first kappa shape index (κ1) is 18.1. The Morgan fingerprint density at radius 1 is 1.32 bits per heavy atom. The Labute approximate surface area is 141 Å². The second kappa shape index (κ2) is 7.12. The molecule has 0 unspecified atom stereocenters. The summed E-state index contributed by atoms with van der Waals surface area (Å²) in [6.45, 7) is 4.60. The summed E-state index contributed by atoms with van der Waals surface area (Å²) >= 11 is 0. The molecule has 1 aromatic heterocycles. The number of amides is 1. The number of rotatable bonds is 5. The van der Waals surface area contributed by atoms with Crippen molar-refractivity contribution in [3.8, 4) is 0 Å². The van der Waals surface area contributed by atoms with Gasteiger partial charge in [0.1, 0.15) is 17.1 Å². The van der Waals surface area contributed by atoms with Crippen LogP contribution in [-0.2, 0) is 9.53 Å². The Bertz CT molecular complexity index is 845. The highest BCUT2D eigenvalue weighted by atomic mass is 19.1. The molecule has 1 heterocycles. The number of carbonyl (C=O) groups is 2. The quantitative estimate of drug-likeness (QED) is 0.504. The number of nitrogens with zero attached hydrogens (tertiary/aromatic N) is 1. The monoisotopic (exact) mass is 350 g/mol. The molecule has 0 aliphatic heterocycles. The summed E-state index contributed by atoms with van der Waals surface area (Å²) in [5.41, 5.74) is -0.558. The SMILES string of the molecule is Cc1cc(C(=O)O[C@H](C)C(=O)Nc2ccc(F)c([N+](=O)[O-])c2)c(C)o1. The fourth-order valence-electron chi connectivity index (χ4n) is 2.09. The number of nitro groups is 1. The lowest BCUT2D eigenvalue weighted by molar-refractivity contribution is -0.387. The number of hydrogen-bond acceptors (Lipinski definition) is 6. The van der Waals surface area contributed by atoms with Gasteiger partial charge in [-0.05, 0) is 39.0 Å². The zero-order chi connectivity index (χ0) is 18.7. The van der Waals surface area contributed by atoms with Crippen LogP contribution in [0.3, 0.4) is 0 Å². The molecule has 1 amide bonds. The zero-order valence-corrected chi connectivity index (χ0v) is 13.7. The summed E-state index contributed by atoms with van der Waals surface area (Å²) in [7, 11) is 0. The van der Waals surface area contributed by atoms with Gasteiger partial charge in [-0.2, -0.15) is 4.39 Å². The van der Waals surface area contributed by atoms with E-state index in [-0.39, 0.29) is 11.3 Å². The second-order valence-corrected chi connectivity index (χ2v) is 5.29. The van der Waals surface area contributed by atoms with Crippen LogP contribution in [0.15, 0.2) is 28.7 Å².